The number of nitro benzene ring substituents is 1. The number of hydrogen-bond acceptors (Lipinski definition) is 5. The topological polar surface area (TPSA) is 92.8 Å². The third kappa shape index (κ3) is 4.47. The van der Waals surface area contributed by atoms with E-state index < -0.39 is 4.92 Å². The highest BCUT2D eigenvalue weighted by molar-refractivity contribution is 6.32. The number of carbonyl (C=O) groups excluding carboxylic acids is 1. The summed E-state index contributed by atoms with van der Waals surface area (Å²) in [5.74, 6) is -0.0984. The molecule has 2 aromatic rings. The molecule has 9 heteroatoms. The van der Waals surface area contributed by atoms with Crippen molar-refractivity contribution >= 4 is 34.6 Å². The van der Waals surface area contributed by atoms with Gasteiger partial charge in [-0.1, -0.05) is 11.6 Å². The maximum Gasteiger partial charge on any atom is 0.279 e. The van der Waals surface area contributed by atoms with Gasteiger partial charge in [-0.3, -0.25) is 14.9 Å². The fraction of sp³-hybridized carbons (Fsp3) is 0.294. The van der Waals surface area contributed by atoms with Crippen molar-refractivity contribution in [1.82, 2.24) is 4.98 Å². The molecule has 3 rings (SSSR count). The van der Waals surface area contributed by atoms with Gasteiger partial charge in [0.15, 0.2) is 11.7 Å². The third-order valence-electron chi connectivity index (χ3n) is 4.34. The Hall–Kier alpha value is -2.71. The zero-order valence-electron chi connectivity index (χ0n) is 14.0. The van der Waals surface area contributed by atoms with Crippen molar-refractivity contribution in [3.8, 4) is 0 Å². The highest BCUT2D eigenvalue weighted by Gasteiger charge is 2.23. The van der Waals surface area contributed by atoms with Gasteiger partial charge in [0.2, 0.25) is 0 Å². The number of nitrogens with zero attached hydrogens (tertiary/aromatic N) is 3. The number of anilines is 2. The molecule has 0 unspecified atom stereocenters. The molecule has 1 fully saturated rings. The molecule has 2 heterocycles. The third-order valence-corrected chi connectivity index (χ3v) is 4.64. The molecule has 8 nitrogen and oxygen atoms in total. The van der Waals surface area contributed by atoms with Gasteiger partial charge < -0.3 is 15.1 Å². The van der Waals surface area contributed by atoms with E-state index in [9.17, 15) is 14.9 Å². The number of rotatable bonds is 5. The summed E-state index contributed by atoms with van der Waals surface area (Å²) in [6, 6.07) is 9.99. The van der Waals surface area contributed by atoms with Crippen LogP contribution < -0.4 is 15.1 Å². The molecule has 1 aromatic carbocycles. The molecule has 1 saturated heterocycles. The van der Waals surface area contributed by atoms with Crippen LogP contribution in [-0.4, -0.2) is 48.5 Å². The van der Waals surface area contributed by atoms with Crippen molar-refractivity contribution in [2.75, 3.05) is 42.9 Å². The molecule has 0 saturated carbocycles. The van der Waals surface area contributed by atoms with Crippen LogP contribution in [0.15, 0.2) is 42.6 Å². The minimum absolute atomic E-state index is 0.0868. The zero-order valence-corrected chi connectivity index (χ0v) is 14.8. The smallest absolute Gasteiger partial charge is 0.279 e. The number of quaternary nitrogens is 1. The number of piperazine rings is 1. The van der Waals surface area contributed by atoms with E-state index in [1.807, 2.05) is 0 Å². The molecule has 1 amide bonds. The summed E-state index contributed by atoms with van der Waals surface area (Å²) in [6.45, 7) is 3.55. The molecular formula is C17H19ClN5O3+. The van der Waals surface area contributed by atoms with Crippen LogP contribution in [0.3, 0.4) is 0 Å². The second kappa shape index (κ2) is 8.11. The molecule has 1 aromatic heterocycles. The minimum Gasteiger partial charge on any atom is -0.360 e. The highest BCUT2D eigenvalue weighted by atomic mass is 35.5. The van der Waals surface area contributed by atoms with Crippen LogP contribution in [0.1, 0.15) is 0 Å². The lowest BCUT2D eigenvalue weighted by Gasteiger charge is -2.33. The number of halogens is 1. The summed E-state index contributed by atoms with van der Waals surface area (Å²) in [7, 11) is 0. The largest absolute Gasteiger partial charge is 0.360 e. The van der Waals surface area contributed by atoms with Gasteiger partial charge in [-0.25, -0.2) is 4.98 Å². The number of hydrogen-bond donors (Lipinski definition) is 2. The maximum absolute atomic E-state index is 12.2. The van der Waals surface area contributed by atoms with E-state index in [0.29, 0.717) is 12.2 Å². The first-order valence-electron chi connectivity index (χ1n) is 8.26. The van der Waals surface area contributed by atoms with Crippen molar-refractivity contribution in [3.63, 3.8) is 0 Å². The van der Waals surface area contributed by atoms with Gasteiger partial charge in [-0.15, -0.1) is 0 Å². The van der Waals surface area contributed by atoms with E-state index in [-0.39, 0.29) is 16.7 Å². The number of nitro groups is 1. The van der Waals surface area contributed by atoms with Crippen molar-refractivity contribution in [2.24, 2.45) is 0 Å². The predicted molar refractivity (Wildman–Crippen MR) is 98.7 cm³/mol. The Balaban J connectivity index is 1.49. The summed E-state index contributed by atoms with van der Waals surface area (Å²) in [4.78, 5) is 29.8. The fourth-order valence-electron chi connectivity index (χ4n) is 2.94. The quantitative estimate of drug-likeness (QED) is 0.461. The summed E-state index contributed by atoms with van der Waals surface area (Å²) in [5, 5.41) is 13.8. The summed E-state index contributed by atoms with van der Waals surface area (Å²) >= 11 is 5.95. The number of amides is 1. The molecule has 0 bridgehead atoms. The van der Waals surface area contributed by atoms with Gasteiger partial charge in [-0.2, -0.15) is 0 Å². The SMILES string of the molecule is O=C(C[NH+]1CCN(c2ccc([N+](=O)[O-])cc2)CC1)Nc1cccnc1Cl. The zero-order chi connectivity index (χ0) is 18.5. The summed E-state index contributed by atoms with van der Waals surface area (Å²) in [6.07, 6.45) is 1.57. The molecule has 26 heavy (non-hydrogen) atoms. The summed E-state index contributed by atoms with van der Waals surface area (Å²) in [5.41, 5.74) is 1.56. The molecule has 136 valence electrons. The Kier molecular flexibility index (Phi) is 5.65. The Bertz CT molecular complexity index is 791. The van der Waals surface area contributed by atoms with Gasteiger partial charge in [-0.05, 0) is 24.3 Å². The normalized spacial score (nSPS) is 14.9. The van der Waals surface area contributed by atoms with Crippen molar-refractivity contribution in [3.05, 3.63) is 57.9 Å². The van der Waals surface area contributed by atoms with Crippen molar-refractivity contribution in [1.29, 1.82) is 0 Å². The fourth-order valence-corrected chi connectivity index (χ4v) is 3.11. The van der Waals surface area contributed by atoms with Crippen LogP contribution >= 0.6 is 11.6 Å². The van der Waals surface area contributed by atoms with E-state index in [1.165, 1.54) is 17.0 Å². The van der Waals surface area contributed by atoms with Gasteiger partial charge in [0.1, 0.15) is 0 Å². The van der Waals surface area contributed by atoms with Crippen LogP contribution in [0.2, 0.25) is 5.15 Å². The second-order valence-corrected chi connectivity index (χ2v) is 6.44. The number of non-ortho nitro benzene ring substituents is 1. The monoisotopic (exact) mass is 376 g/mol. The molecule has 0 radical (unpaired) electrons. The predicted octanol–water partition coefficient (Wildman–Crippen LogP) is 0.987. The molecule has 1 aliphatic heterocycles. The number of benzene rings is 1. The Morgan fingerprint density at radius 3 is 2.58 bits per heavy atom. The lowest BCUT2D eigenvalue weighted by molar-refractivity contribution is -0.892. The first-order valence-corrected chi connectivity index (χ1v) is 8.64. The van der Waals surface area contributed by atoms with Crippen LogP contribution in [0.25, 0.3) is 0 Å². The molecule has 2 N–H and O–H groups in total. The first-order chi connectivity index (χ1) is 12.5. The molecule has 0 spiro atoms. The van der Waals surface area contributed by atoms with Gasteiger partial charge in [0, 0.05) is 24.0 Å². The number of nitrogens with one attached hydrogen (secondary N) is 2. The Morgan fingerprint density at radius 1 is 1.27 bits per heavy atom. The van der Waals surface area contributed by atoms with Crippen LogP contribution in [-0.2, 0) is 4.79 Å². The van der Waals surface area contributed by atoms with E-state index in [0.717, 1.165) is 31.9 Å². The average Bonchev–Trinajstić information content (AvgIpc) is 2.64. The number of pyridine rings is 1. The average molecular weight is 377 g/mol. The van der Waals surface area contributed by atoms with Gasteiger partial charge >= 0.3 is 0 Å². The lowest BCUT2D eigenvalue weighted by Crippen LogP contribution is -3.15. The van der Waals surface area contributed by atoms with E-state index in [1.54, 1.807) is 30.5 Å². The molecule has 1 aliphatic rings. The molecular weight excluding hydrogens is 358 g/mol. The Labute approximate surface area is 155 Å². The highest BCUT2D eigenvalue weighted by Crippen LogP contribution is 2.19. The Morgan fingerprint density at radius 2 is 1.96 bits per heavy atom. The second-order valence-electron chi connectivity index (χ2n) is 6.08. The number of aromatic nitrogens is 1. The number of carbonyl (C=O) groups is 1. The molecule has 0 aliphatic carbocycles. The van der Waals surface area contributed by atoms with Crippen molar-refractivity contribution in [2.45, 2.75) is 0 Å². The van der Waals surface area contributed by atoms with E-state index in [4.69, 9.17) is 11.6 Å². The van der Waals surface area contributed by atoms with Crippen LogP contribution in [0.4, 0.5) is 17.1 Å². The van der Waals surface area contributed by atoms with Gasteiger partial charge in [0.05, 0.1) is 36.8 Å². The van der Waals surface area contributed by atoms with Crippen LogP contribution in [0.5, 0.6) is 0 Å². The van der Waals surface area contributed by atoms with Crippen molar-refractivity contribution < 1.29 is 14.6 Å². The summed E-state index contributed by atoms with van der Waals surface area (Å²) < 4.78 is 0. The van der Waals surface area contributed by atoms with Gasteiger partial charge in [0.25, 0.3) is 11.6 Å². The van der Waals surface area contributed by atoms with Crippen LogP contribution in [0, 0.1) is 10.1 Å². The van der Waals surface area contributed by atoms with E-state index in [2.05, 4.69) is 15.2 Å². The molecule has 0 atom stereocenters. The lowest BCUT2D eigenvalue weighted by atomic mass is 10.2. The van der Waals surface area contributed by atoms with E-state index >= 15 is 0 Å². The maximum atomic E-state index is 12.2. The first kappa shape index (κ1) is 18.1. The standard InChI is InChI=1S/C17H18ClN5O3/c18-17-15(2-1-7-19-17)20-16(24)12-21-8-10-22(11-9-21)13-3-5-14(6-4-13)23(25)26/h1-7H,8-12H2,(H,20,24)/p+1. The minimum atomic E-state index is -0.404.